The van der Waals surface area contributed by atoms with E-state index in [4.69, 9.17) is 25.8 Å². The van der Waals surface area contributed by atoms with Crippen molar-refractivity contribution < 1.29 is 19.0 Å². The normalized spacial score (nSPS) is 12.2. The summed E-state index contributed by atoms with van der Waals surface area (Å²) in [5.41, 5.74) is 4.87. The van der Waals surface area contributed by atoms with Crippen molar-refractivity contribution in [2.75, 3.05) is 20.8 Å². The zero-order chi connectivity index (χ0) is 32.6. The van der Waals surface area contributed by atoms with Gasteiger partial charge in [0.15, 0.2) is 17.2 Å². The van der Waals surface area contributed by atoms with Gasteiger partial charge in [0.1, 0.15) is 17.2 Å². The number of rotatable bonds is 15. The molecule has 2 aromatic carbocycles. The van der Waals surface area contributed by atoms with E-state index in [2.05, 4.69) is 44.5 Å². The minimum Gasteiger partial charge on any atom is -0.357 e. The Kier molecular flexibility index (Phi) is 11.0. The standard InChI is InChI=1S/C34H38ClN7O4/c1-6-8-16-29-37-32(35)30(31(43)27-14-11-15-28(36-27)34(44-4)45-5)41(29)21-23-17-19-24(20-18-23)25-12-9-10-13-26(25)33-38-39-40-42(33)22(3)46-7-2/h9-15,17-20,22,34H,6-8,16,21H2,1-5H3. The Balaban J connectivity index is 1.47. The first-order chi connectivity index (χ1) is 22.4. The molecule has 0 bridgehead atoms. The molecule has 12 heteroatoms. The van der Waals surface area contributed by atoms with E-state index < -0.39 is 6.29 Å². The molecule has 0 N–H and O–H groups in total. The van der Waals surface area contributed by atoms with Crippen molar-refractivity contribution in [3.63, 3.8) is 0 Å². The highest BCUT2D eigenvalue weighted by Gasteiger charge is 2.25. The summed E-state index contributed by atoms with van der Waals surface area (Å²) in [7, 11) is 3.04. The Labute approximate surface area is 273 Å². The van der Waals surface area contributed by atoms with Crippen molar-refractivity contribution in [2.24, 2.45) is 0 Å². The van der Waals surface area contributed by atoms with Gasteiger partial charge in [0.25, 0.3) is 0 Å². The van der Waals surface area contributed by atoms with Crippen molar-refractivity contribution in [2.45, 2.75) is 59.1 Å². The van der Waals surface area contributed by atoms with Crippen LogP contribution >= 0.6 is 11.6 Å². The molecule has 0 saturated carbocycles. The van der Waals surface area contributed by atoms with E-state index in [1.165, 1.54) is 14.2 Å². The number of unbranched alkanes of at least 4 members (excludes halogenated alkanes) is 1. The van der Waals surface area contributed by atoms with Gasteiger partial charge in [-0.1, -0.05) is 79.5 Å². The van der Waals surface area contributed by atoms with Gasteiger partial charge in [-0.3, -0.25) is 4.79 Å². The number of pyridine rings is 1. The van der Waals surface area contributed by atoms with E-state index in [9.17, 15) is 4.79 Å². The number of methoxy groups -OCH3 is 2. The molecule has 0 fully saturated rings. The van der Waals surface area contributed by atoms with E-state index in [0.717, 1.165) is 40.9 Å². The molecule has 0 aliphatic carbocycles. The second-order valence-corrected chi connectivity index (χ2v) is 11.0. The monoisotopic (exact) mass is 643 g/mol. The third kappa shape index (κ3) is 7.07. The first-order valence-corrected chi connectivity index (χ1v) is 15.7. The lowest BCUT2D eigenvalue weighted by Gasteiger charge is -2.16. The number of ketones is 1. The lowest BCUT2D eigenvalue weighted by molar-refractivity contribution is -0.108. The maximum Gasteiger partial charge on any atom is 0.230 e. The summed E-state index contributed by atoms with van der Waals surface area (Å²) in [6.45, 7) is 6.92. The maximum atomic E-state index is 13.9. The van der Waals surface area contributed by atoms with E-state index in [0.29, 0.717) is 36.8 Å². The van der Waals surface area contributed by atoms with Crippen LogP contribution in [0.4, 0.5) is 0 Å². The van der Waals surface area contributed by atoms with E-state index in [-0.39, 0.29) is 22.9 Å². The topological polar surface area (TPSA) is 119 Å². The van der Waals surface area contributed by atoms with Crippen molar-refractivity contribution in [1.82, 2.24) is 34.7 Å². The average molecular weight is 644 g/mol. The van der Waals surface area contributed by atoms with Gasteiger partial charge >= 0.3 is 0 Å². The fraction of sp³-hybridized carbons (Fsp3) is 0.353. The molecule has 1 atom stereocenters. The minimum absolute atomic E-state index is 0.155. The molecular weight excluding hydrogens is 606 g/mol. The van der Waals surface area contributed by atoms with Crippen LogP contribution in [0, 0.1) is 0 Å². The molecular formula is C34H38ClN7O4. The first kappa shape index (κ1) is 33.1. The van der Waals surface area contributed by atoms with Crippen LogP contribution in [0.1, 0.15) is 79.4 Å². The fourth-order valence-electron chi connectivity index (χ4n) is 5.38. The zero-order valence-corrected chi connectivity index (χ0v) is 27.4. The summed E-state index contributed by atoms with van der Waals surface area (Å²) in [4.78, 5) is 23.1. The SMILES string of the molecule is CCCCc1nc(Cl)c(C(=O)c2cccc(C(OC)OC)n2)n1Cc1ccc(-c2ccccc2-c2nnnn2C(C)OCC)cc1. The van der Waals surface area contributed by atoms with Crippen LogP contribution in [-0.4, -0.2) is 61.4 Å². The number of tetrazole rings is 1. The number of carbonyl (C=O) groups excluding carboxylic acids is 1. The predicted molar refractivity (Wildman–Crippen MR) is 174 cm³/mol. The summed E-state index contributed by atoms with van der Waals surface area (Å²) in [6.07, 6.45) is 1.57. The van der Waals surface area contributed by atoms with E-state index >= 15 is 0 Å². The number of aromatic nitrogens is 7. The summed E-state index contributed by atoms with van der Waals surface area (Å²) >= 11 is 6.67. The van der Waals surface area contributed by atoms with Crippen LogP contribution in [0.5, 0.6) is 0 Å². The molecule has 5 aromatic rings. The molecule has 0 amide bonds. The molecule has 3 heterocycles. The fourth-order valence-corrected chi connectivity index (χ4v) is 5.66. The van der Waals surface area contributed by atoms with Crippen molar-refractivity contribution >= 4 is 17.4 Å². The van der Waals surface area contributed by atoms with Gasteiger partial charge in [-0.25, -0.2) is 9.97 Å². The Morgan fingerprint density at radius 2 is 1.67 bits per heavy atom. The molecule has 0 aliphatic rings. The van der Waals surface area contributed by atoms with Crippen LogP contribution in [0.25, 0.3) is 22.5 Å². The molecule has 0 spiro atoms. The maximum absolute atomic E-state index is 13.9. The predicted octanol–water partition coefficient (Wildman–Crippen LogP) is 6.72. The lowest BCUT2D eigenvalue weighted by atomic mass is 9.98. The van der Waals surface area contributed by atoms with E-state index in [1.54, 1.807) is 22.9 Å². The van der Waals surface area contributed by atoms with Crippen LogP contribution in [-0.2, 0) is 27.2 Å². The first-order valence-electron chi connectivity index (χ1n) is 15.3. The second kappa shape index (κ2) is 15.3. The van der Waals surface area contributed by atoms with Crippen molar-refractivity contribution in [1.29, 1.82) is 0 Å². The minimum atomic E-state index is -0.697. The Hall–Kier alpha value is -4.29. The van der Waals surface area contributed by atoms with Crippen LogP contribution in [0.2, 0.25) is 5.15 Å². The van der Waals surface area contributed by atoms with Gasteiger partial charge in [-0.15, -0.1) is 5.10 Å². The highest BCUT2D eigenvalue weighted by molar-refractivity contribution is 6.33. The number of hydrogen-bond donors (Lipinski definition) is 0. The Morgan fingerprint density at radius 1 is 0.935 bits per heavy atom. The number of imidazole rings is 1. The molecule has 1 unspecified atom stereocenters. The smallest absolute Gasteiger partial charge is 0.230 e. The third-order valence-electron chi connectivity index (χ3n) is 7.66. The Bertz CT molecular complexity index is 1770. The number of ether oxygens (including phenoxy) is 3. The molecule has 11 nitrogen and oxygen atoms in total. The zero-order valence-electron chi connectivity index (χ0n) is 26.7. The highest BCUT2D eigenvalue weighted by Crippen LogP contribution is 2.32. The van der Waals surface area contributed by atoms with Gasteiger partial charge < -0.3 is 18.8 Å². The number of hydrogen-bond acceptors (Lipinski definition) is 9. The van der Waals surface area contributed by atoms with Gasteiger partial charge in [-0.05, 0) is 59.5 Å². The molecule has 0 radical (unpaired) electrons. The van der Waals surface area contributed by atoms with Gasteiger partial charge in [0, 0.05) is 39.4 Å². The third-order valence-corrected chi connectivity index (χ3v) is 7.93. The van der Waals surface area contributed by atoms with E-state index in [1.807, 2.05) is 54.8 Å². The molecule has 3 aromatic heterocycles. The van der Waals surface area contributed by atoms with Crippen LogP contribution in [0.15, 0.2) is 66.7 Å². The Morgan fingerprint density at radius 3 is 2.37 bits per heavy atom. The van der Waals surface area contributed by atoms with Crippen molar-refractivity contribution in [3.05, 3.63) is 100 Å². The molecule has 0 aliphatic heterocycles. The largest absolute Gasteiger partial charge is 0.357 e. The lowest BCUT2D eigenvalue weighted by Crippen LogP contribution is -2.16. The number of aryl methyl sites for hydroxylation is 1. The molecule has 240 valence electrons. The number of carbonyl (C=O) groups is 1. The van der Waals surface area contributed by atoms with Crippen LogP contribution < -0.4 is 0 Å². The summed E-state index contributed by atoms with van der Waals surface area (Å²) < 4.78 is 20.0. The summed E-state index contributed by atoms with van der Waals surface area (Å²) in [6, 6.07) is 21.4. The van der Waals surface area contributed by atoms with Crippen LogP contribution in [0.3, 0.4) is 0 Å². The number of nitrogens with zero attached hydrogens (tertiary/aromatic N) is 7. The van der Waals surface area contributed by atoms with Crippen molar-refractivity contribution in [3.8, 4) is 22.5 Å². The average Bonchev–Trinajstić information content (AvgIpc) is 3.69. The number of benzene rings is 2. The molecule has 5 rings (SSSR count). The molecule has 46 heavy (non-hydrogen) atoms. The quantitative estimate of drug-likeness (QED) is 0.0904. The molecule has 0 saturated heterocycles. The van der Waals surface area contributed by atoms with Gasteiger partial charge in [0.2, 0.25) is 12.1 Å². The summed E-state index contributed by atoms with van der Waals surface area (Å²) in [5, 5.41) is 12.6. The second-order valence-electron chi connectivity index (χ2n) is 10.7. The van der Waals surface area contributed by atoms with Gasteiger partial charge in [0.05, 0.1) is 5.69 Å². The number of halogens is 1. The van der Waals surface area contributed by atoms with Gasteiger partial charge in [-0.2, -0.15) is 4.68 Å². The highest BCUT2D eigenvalue weighted by atomic mass is 35.5. The summed E-state index contributed by atoms with van der Waals surface area (Å²) in [5.74, 6) is 1.05.